The molecular weight excluding hydrogens is 228 g/mol. The summed E-state index contributed by atoms with van der Waals surface area (Å²) < 4.78 is 2.03. The normalized spacial score (nSPS) is 11.2. The molecule has 1 heterocycles. The van der Waals surface area contributed by atoms with Crippen LogP contribution < -0.4 is 0 Å². The Morgan fingerprint density at radius 1 is 1.39 bits per heavy atom. The van der Waals surface area contributed by atoms with Crippen molar-refractivity contribution < 1.29 is 9.90 Å². The highest BCUT2D eigenvalue weighted by atomic mass is 16.3. The summed E-state index contributed by atoms with van der Waals surface area (Å²) >= 11 is 0. The molecule has 0 fully saturated rings. The summed E-state index contributed by atoms with van der Waals surface area (Å²) in [5, 5.41) is 8.99. The van der Waals surface area contributed by atoms with Crippen molar-refractivity contribution in [2.75, 3.05) is 26.2 Å². The molecule has 0 aliphatic heterocycles. The van der Waals surface area contributed by atoms with Crippen molar-refractivity contribution in [3.63, 3.8) is 0 Å². The van der Waals surface area contributed by atoms with E-state index in [1.54, 1.807) is 0 Å². The number of aryl methyl sites for hydroxylation is 1. The Balaban J connectivity index is 2.77. The molecule has 0 aliphatic carbocycles. The third kappa shape index (κ3) is 3.43. The molecule has 1 aromatic heterocycles. The van der Waals surface area contributed by atoms with Gasteiger partial charge >= 0.3 is 0 Å². The third-order valence-corrected chi connectivity index (χ3v) is 3.40. The summed E-state index contributed by atoms with van der Waals surface area (Å²) in [6, 6.07) is 1.95. The second kappa shape index (κ2) is 6.71. The number of aliphatic hydroxyl groups is 1. The fourth-order valence-electron chi connectivity index (χ4n) is 2.15. The van der Waals surface area contributed by atoms with Gasteiger partial charge in [-0.2, -0.15) is 0 Å². The zero-order chi connectivity index (χ0) is 13.7. The lowest BCUT2D eigenvalue weighted by atomic mass is 10.1. The van der Waals surface area contributed by atoms with Crippen LogP contribution in [0.2, 0.25) is 0 Å². The van der Waals surface area contributed by atoms with Crippen molar-refractivity contribution in [1.29, 1.82) is 0 Å². The number of nitrogens with zero attached hydrogens (tertiary/aromatic N) is 2. The summed E-state index contributed by atoms with van der Waals surface area (Å²) in [4.78, 5) is 14.3. The molecule has 4 heteroatoms. The van der Waals surface area contributed by atoms with Crippen LogP contribution in [0.1, 0.15) is 35.1 Å². The Morgan fingerprint density at radius 3 is 2.50 bits per heavy atom. The maximum absolute atomic E-state index is 12.3. The summed E-state index contributed by atoms with van der Waals surface area (Å²) in [5.74, 6) is 0.137. The van der Waals surface area contributed by atoms with Gasteiger partial charge in [0.25, 0.3) is 0 Å². The van der Waals surface area contributed by atoms with E-state index in [1.165, 1.54) is 0 Å². The predicted octanol–water partition coefficient (Wildman–Crippen LogP) is 1.53. The minimum Gasteiger partial charge on any atom is -0.395 e. The smallest absolute Gasteiger partial charge is 0.178 e. The Bertz CT molecular complexity index is 404. The van der Waals surface area contributed by atoms with Crippen LogP contribution >= 0.6 is 0 Å². The van der Waals surface area contributed by atoms with Gasteiger partial charge in [-0.05, 0) is 32.9 Å². The average molecular weight is 252 g/mol. The van der Waals surface area contributed by atoms with E-state index in [2.05, 4.69) is 6.92 Å². The van der Waals surface area contributed by atoms with Crippen LogP contribution in [0.4, 0.5) is 0 Å². The molecular formula is C14H24N2O2. The molecule has 1 aromatic rings. The van der Waals surface area contributed by atoms with E-state index in [4.69, 9.17) is 5.11 Å². The molecule has 1 rings (SSSR count). The molecule has 0 aliphatic rings. The Hall–Kier alpha value is -1.13. The molecule has 0 saturated heterocycles. The van der Waals surface area contributed by atoms with Gasteiger partial charge in [0.05, 0.1) is 13.2 Å². The molecule has 0 saturated carbocycles. The van der Waals surface area contributed by atoms with Crippen LogP contribution in [0.25, 0.3) is 0 Å². The van der Waals surface area contributed by atoms with Gasteiger partial charge in [0, 0.05) is 30.5 Å². The first-order valence-electron chi connectivity index (χ1n) is 6.50. The van der Waals surface area contributed by atoms with Gasteiger partial charge in [-0.25, -0.2) is 0 Å². The number of hydrogen-bond donors (Lipinski definition) is 1. The topological polar surface area (TPSA) is 45.5 Å². The number of ketones is 1. The second-order valence-corrected chi connectivity index (χ2v) is 4.77. The summed E-state index contributed by atoms with van der Waals surface area (Å²) in [6.45, 7) is 7.94. The lowest BCUT2D eigenvalue weighted by molar-refractivity contribution is 0.0914. The van der Waals surface area contributed by atoms with E-state index < -0.39 is 0 Å². The minimum absolute atomic E-state index is 0.0973. The first kappa shape index (κ1) is 14.9. The number of Topliss-reactive ketones (excluding diaryl/α,β-unsaturated/α-hetero) is 1. The van der Waals surface area contributed by atoms with Gasteiger partial charge in [0.2, 0.25) is 0 Å². The molecule has 0 bridgehead atoms. The highest BCUT2D eigenvalue weighted by molar-refractivity contribution is 5.99. The number of carbonyl (C=O) groups excluding carboxylic acids is 1. The monoisotopic (exact) mass is 252 g/mol. The van der Waals surface area contributed by atoms with Gasteiger partial charge in [0.15, 0.2) is 5.78 Å². The van der Waals surface area contributed by atoms with Crippen molar-refractivity contribution in [3.05, 3.63) is 23.0 Å². The standard InChI is InChI=1S/C14H24N2O2/c1-5-6-16(7-8-17)10-14(18)13-9-11(2)15(4)12(13)3/h9,17H,5-8,10H2,1-4H3. The number of rotatable bonds is 7. The lowest BCUT2D eigenvalue weighted by Gasteiger charge is -2.19. The van der Waals surface area contributed by atoms with Crippen LogP contribution in [-0.2, 0) is 7.05 Å². The van der Waals surface area contributed by atoms with E-state index in [-0.39, 0.29) is 12.4 Å². The molecule has 4 nitrogen and oxygen atoms in total. The fraction of sp³-hybridized carbons (Fsp3) is 0.643. The second-order valence-electron chi connectivity index (χ2n) is 4.77. The predicted molar refractivity (Wildman–Crippen MR) is 73.0 cm³/mol. The SMILES string of the molecule is CCCN(CCO)CC(=O)c1cc(C)n(C)c1C. The van der Waals surface area contributed by atoms with Gasteiger partial charge in [-0.1, -0.05) is 6.92 Å². The molecule has 18 heavy (non-hydrogen) atoms. The number of hydrogen-bond acceptors (Lipinski definition) is 3. The Kier molecular flexibility index (Phi) is 5.56. The van der Waals surface area contributed by atoms with Gasteiger partial charge in [0.1, 0.15) is 0 Å². The van der Waals surface area contributed by atoms with Crippen LogP contribution in [0.5, 0.6) is 0 Å². The molecule has 0 radical (unpaired) electrons. The molecule has 0 unspecified atom stereocenters. The first-order chi connectivity index (χ1) is 8.51. The van der Waals surface area contributed by atoms with Crippen LogP contribution in [0.3, 0.4) is 0 Å². The molecule has 102 valence electrons. The van der Waals surface area contributed by atoms with Crippen LogP contribution in [-0.4, -0.2) is 46.6 Å². The van der Waals surface area contributed by atoms with E-state index in [1.807, 2.05) is 36.4 Å². The third-order valence-electron chi connectivity index (χ3n) is 3.40. The Morgan fingerprint density at radius 2 is 2.06 bits per heavy atom. The van der Waals surface area contributed by atoms with Gasteiger partial charge < -0.3 is 9.67 Å². The summed E-state index contributed by atoms with van der Waals surface area (Å²) in [7, 11) is 1.97. The van der Waals surface area contributed by atoms with Crippen molar-refractivity contribution in [1.82, 2.24) is 9.47 Å². The first-order valence-corrected chi connectivity index (χ1v) is 6.50. The minimum atomic E-state index is 0.0973. The van der Waals surface area contributed by atoms with E-state index in [9.17, 15) is 4.79 Å². The van der Waals surface area contributed by atoms with Crippen LogP contribution in [0, 0.1) is 13.8 Å². The fourth-order valence-corrected chi connectivity index (χ4v) is 2.15. The molecule has 0 spiro atoms. The van der Waals surface area contributed by atoms with Crippen molar-refractivity contribution >= 4 is 5.78 Å². The molecule has 0 aromatic carbocycles. The average Bonchev–Trinajstić information content (AvgIpc) is 2.58. The van der Waals surface area contributed by atoms with Gasteiger partial charge in [-0.15, -0.1) is 0 Å². The lowest BCUT2D eigenvalue weighted by Crippen LogP contribution is -2.33. The molecule has 1 N–H and O–H groups in total. The van der Waals surface area contributed by atoms with E-state index in [0.29, 0.717) is 13.1 Å². The highest BCUT2D eigenvalue weighted by Gasteiger charge is 2.16. The summed E-state index contributed by atoms with van der Waals surface area (Å²) in [6.07, 6.45) is 0.986. The van der Waals surface area contributed by atoms with E-state index >= 15 is 0 Å². The maximum Gasteiger partial charge on any atom is 0.178 e. The number of carbonyl (C=O) groups is 1. The quantitative estimate of drug-likeness (QED) is 0.749. The zero-order valence-corrected chi connectivity index (χ0v) is 11.9. The van der Waals surface area contributed by atoms with Crippen LogP contribution in [0.15, 0.2) is 6.07 Å². The van der Waals surface area contributed by atoms with Crippen molar-refractivity contribution in [2.45, 2.75) is 27.2 Å². The van der Waals surface area contributed by atoms with Crippen molar-refractivity contribution in [2.24, 2.45) is 7.05 Å². The van der Waals surface area contributed by atoms with E-state index in [0.717, 1.165) is 29.9 Å². The summed E-state index contributed by atoms with van der Waals surface area (Å²) in [5.41, 5.74) is 2.91. The van der Waals surface area contributed by atoms with Crippen molar-refractivity contribution in [3.8, 4) is 0 Å². The van der Waals surface area contributed by atoms with Gasteiger partial charge in [-0.3, -0.25) is 9.69 Å². The zero-order valence-electron chi connectivity index (χ0n) is 11.9. The Labute approximate surface area is 109 Å². The molecule has 0 amide bonds. The number of aliphatic hydroxyl groups excluding tert-OH is 1. The number of aromatic nitrogens is 1. The molecule has 0 atom stereocenters. The highest BCUT2D eigenvalue weighted by Crippen LogP contribution is 2.14. The largest absolute Gasteiger partial charge is 0.395 e. The maximum atomic E-state index is 12.3.